The summed E-state index contributed by atoms with van der Waals surface area (Å²) in [5, 5.41) is 13.1. The molecule has 1 aromatic rings. The van der Waals surface area contributed by atoms with E-state index in [1.54, 1.807) is 6.92 Å². The summed E-state index contributed by atoms with van der Waals surface area (Å²) in [7, 11) is 0. The van der Waals surface area contributed by atoms with Crippen LogP contribution in [0.2, 0.25) is 0 Å². The average Bonchev–Trinajstić information content (AvgIpc) is 2.73. The Bertz CT molecular complexity index is 566. The summed E-state index contributed by atoms with van der Waals surface area (Å²) in [5.74, 6) is -1.47. The van der Waals surface area contributed by atoms with Crippen LogP contribution in [-0.4, -0.2) is 30.1 Å². The number of carbonyl (C=O) groups excluding carboxylic acids is 1. The Morgan fingerprint density at radius 3 is 2.90 bits per heavy atom. The molecule has 20 heavy (non-hydrogen) atoms. The minimum atomic E-state index is -1.05. The average molecular weight is 283 g/mol. The van der Waals surface area contributed by atoms with E-state index in [2.05, 4.69) is 5.32 Å². The monoisotopic (exact) mass is 283 g/mol. The Balaban J connectivity index is 2.31. The molecule has 108 valence electrons. The zero-order valence-corrected chi connectivity index (χ0v) is 10.8. The van der Waals surface area contributed by atoms with Crippen molar-refractivity contribution in [3.63, 3.8) is 0 Å². The standard InChI is InChI=1S/C12H14FN3O4/c1-12(6-20-5-9(12)14)11(17)15-10-7(13)3-2-4-8(10)16(18)19/h2-4,9H,5-6,14H2,1H3,(H,15,17). The van der Waals surface area contributed by atoms with Gasteiger partial charge < -0.3 is 15.8 Å². The molecule has 8 heteroatoms. The molecule has 1 saturated heterocycles. The van der Waals surface area contributed by atoms with Crippen LogP contribution >= 0.6 is 0 Å². The van der Waals surface area contributed by atoms with E-state index >= 15 is 0 Å². The van der Waals surface area contributed by atoms with E-state index in [-0.39, 0.29) is 13.2 Å². The molecule has 0 spiro atoms. The van der Waals surface area contributed by atoms with Gasteiger partial charge in [0.1, 0.15) is 0 Å². The van der Waals surface area contributed by atoms with E-state index in [9.17, 15) is 19.3 Å². The fourth-order valence-corrected chi connectivity index (χ4v) is 1.97. The molecule has 1 amide bonds. The zero-order valence-electron chi connectivity index (χ0n) is 10.8. The number of nitrogens with one attached hydrogen (secondary N) is 1. The molecule has 0 aromatic heterocycles. The fraction of sp³-hybridized carbons (Fsp3) is 0.417. The summed E-state index contributed by atoms with van der Waals surface area (Å²) in [6.45, 7) is 1.87. The van der Waals surface area contributed by atoms with Crippen LogP contribution < -0.4 is 11.1 Å². The van der Waals surface area contributed by atoms with Crippen LogP contribution in [0.1, 0.15) is 6.92 Å². The summed E-state index contributed by atoms with van der Waals surface area (Å²) >= 11 is 0. The number of nitrogens with two attached hydrogens (primary N) is 1. The number of benzene rings is 1. The fourth-order valence-electron chi connectivity index (χ4n) is 1.97. The Hall–Kier alpha value is -2.06. The first-order valence-corrected chi connectivity index (χ1v) is 5.94. The van der Waals surface area contributed by atoms with Crippen LogP contribution in [0.5, 0.6) is 0 Å². The first-order valence-electron chi connectivity index (χ1n) is 5.94. The smallest absolute Gasteiger partial charge is 0.295 e. The van der Waals surface area contributed by atoms with E-state index < -0.39 is 39.5 Å². The molecule has 0 radical (unpaired) electrons. The van der Waals surface area contributed by atoms with Crippen molar-refractivity contribution in [2.75, 3.05) is 18.5 Å². The number of amides is 1. The van der Waals surface area contributed by atoms with Crippen molar-refractivity contribution in [3.8, 4) is 0 Å². The molecule has 7 nitrogen and oxygen atoms in total. The molecule has 0 bridgehead atoms. The number of nitrogens with zero attached hydrogens (tertiary/aromatic N) is 1. The van der Waals surface area contributed by atoms with Gasteiger partial charge in [-0.15, -0.1) is 0 Å². The second-order valence-corrected chi connectivity index (χ2v) is 4.88. The van der Waals surface area contributed by atoms with Gasteiger partial charge in [0, 0.05) is 12.1 Å². The van der Waals surface area contributed by atoms with Crippen molar-refractivity contribution in [1.29, 1.82) is 0 Å². The SMILES string of the molecule is CC1(C(=O)Nc2c(F)cccc2[N+](=O)[O-])COCC1N. The second kappa shape index (κ2) is 5.14. The predicted octanol–water partition coefficient (Wildman–Crippen LogP) is 1.04. The lowest BCUT2D eigenvalue weighted by molar-refractivity contribution is -0.384. The van der Waals surface area contributed by atoms with Crippen molar-refractivity contribution in [2.24, 2.45) is 11.1 Å². The molecule has 2 rings (SSSR count). The lowest BCUT2D eigenvalue weighted by atomic mass is 9.85. The lowest BCUT2D eigenvalue weighted by Crippen LogP contribution is -2.47. The number of rotatable bonds is 3. The first-order chi connectivity index (χ1) is 9.36. The minimum Gasteiger partial charge on any atom is -0.379 e. The van der Waals surface area contributed by atoms with E-state index in [0.717, 1.165) is 12.1 Å². The maximum atomic E-state index is 13.7. The van der Waals surface area contributed by atoms with Crippen molar-refractivity contribution < 1.29 is 18.8 Å². The van der Waals surface area contributed by atoms with Crippen LogP contribution in [-0.2, 0) is 9.53 Å². The van der Waals surface area contributed by atoms with Crippen LogP contribution in [0.15, 0.2) is 18.2 Å². The van der Waals surface area contributed by atoms with E-state index in [0.29, 0.717) is 0 Å². The maximum Gasteiger partial charge on any atom is 0.295 e. The third-order valence-corrected chi connectivity index (χ3v) is 3.46. The third kappa shape index (κ3) is 2.35. The van der Waals surface area contributed by atoms with Crippen LogP contribution in [0.4, 0.5) is 15.8 Å². The summed E-state index contributed by atoms with van der Waals surface area (Å²) in [6, 6.07) is 2.81. The lowest BCUT2D eigenvalue weighted by Gasteiger charge is -2.25. The Morgan fingerprint density at radius 1 is 1.65 bits per heavy atom. The summed E-state index contributed by atoms with van der Waals surface area (Å²) < 4.78 is 18.8. The van der Waals surface area contributed by atoms with Gasteiger partial charge in [0.2, 0.25) is 5.91 Å². The third-order valence-electron chi connectivity index (χ3n) is 3.46. The molecule has 2 atom stereocenters. The van der Waals surface area contributed by atoms with Crippen molar-refractivity contribution in [1.82, 2.24) is 0 Å². The van der Waals surface area contributed by atoms with E-state index in [1.165, 1.54) is 6.07 Å². The number of halogens is 1. The first kappa shape index (κ1) is 14.4. The van der Waals surface area contributed by atoms with Crippen molar-refractivity contribution in [2.45, 2.75) is 13.0 Å². The minimum absolute atomic E-state index is 0.0856. The van der Waals surface area contributed by atoms with Gasteiger partial charge in [0.15, 0.2) is 11.5 Å². The second-order valence-electron chi connectivity index (χ2n) is 4.88. The molecule has 0 aliphatic carbocycles. The highest BCUT2D eigenvalue weighted by atomic mass is 19.1. The van der Waals surface area contributed by atoms with Crippen molar-refractivity contribution >= 4 is 17.3 Å². The van der Waals surface area contributed by atoms with Gasteiger partial charge in [-0.3, -0.25) is 14.9 Å². The number of ether oxygens (including phenoxy) is 1. The van der Waals surface area contributed by atoms with E-state index in [1.807, 2.05) is 0 Å². The van der Waals surface area contributed by atoms with Gasteiger partial charge >= 0.3 is 0 Å². The maximum absolute atomic E-state index is 13.7. The van der Waals surface area contributed by atoms with Crippen LogP contribution in [0.3, 0.4) is 0 Å². The molecule has 1 aliphatic rings. The van der Waals surface area contributed by atoms with Gasteiger partial charge in [0.05, 0.1) is 23.6 Å². The highest BCUT2D eigenvalue weighted by Gasteiger charge is 2.45. The normalized spacial score (nSPS) is 25.4. The molecule has 2 unspecified atom stereocenters. The van der Waals surface area contributed by atoms with Gasteiger partial charge in [-0.25, -0.2) is 4.39 Å². The number of nitro benzene ring substituents is 1. The summed E-state index contributed by atoms with van der Waals surface area (Å²) in [5.41, 5.74) is 3.78. The van der Waals surface area contributed by atoms with Gasteiger partial charge in [-0.05, 0) is 13.0 Å². The zero-order chi connectivity index (χ0) is 14.9. The Morgan fingerprint density at radius 2 is 2.35 bits per heavy atom. The molecule has 1 aromatic carbocycles. The van der Waals surface area contributed by atoms with Crippen LogP contribution in [0.25, 0.3) is 0 Å². The number of hydrogen-bond acceptors (Lipinski definition) is 5. The largest absolute Gasteiger partial charge is 0.379 e. The number of carbonyl (C=O) groups is 1. The summed E-state index contributed by atoms with van der Waals surface area (Å²) in [6.07, 6.45) is 0. The topological polar surface area (TPSA) is 107 Å². The number of anilines is 1. The molecule has 0 saturated carbocycles. The van der Waals surface area contributed by atoms with Gasteiger partial charge in [-0.1, -0.05) is 6.07 Å². The number of para-hydroxylation sites is 1. The Labute approximate surface area is 114 Å². The predicted molar refractivity (Wildman–Crippen MR) is 68.6 cm³/mol. The number of nitro groups is 1. The molecular formula is C12H14FN3O4. The molecule has 1 aliphatic heterocycles. The summed E-state index contributed by atoms with van der Waals surface area (Å²) in [4.78, 5) is 22.3. The molecule has 3 N–H and O–H groups in total. The van der Waals surface area contributed by atoms with Crippen LogP contribution in [0, 0.1) is 21.3 Å². The molecule has 1 fully saturated rings. The molecule has 1 heterocycles. The quantitative estimate of drug-likeness (QED) is 0.636. The van der Waals surface area contributed by atoms with Gasteiger partial charge in [-0.2, -0.15) is 0 Å². The van der Waals surface area contributed by atoms with Gasteiger partial charge in [0.25, 0.3) is 5.69 Å². The molecular weight excluding hydrogens is 269 g/mol. The highest BCUT2D eigenvalue weighted by molar-refractivity contribution is 5.97. The highest BCUT2D eigenvalue weighted by Crippen LogP contribution is 2.32. The van der Waals surface area contributed by atoms with Crippen molar-refractivity contribution in [3.05, 3.63) is 34.1 Å². The number of hydrogen-bond donors (Lipinski definition) is 2. The Kier molecular flexibility index (Phi) is 3.69. The van der Waals surface area contributed by atoms with E-state index in [4.69, 9.17) is 10.5 Å².